The summed E-state index contributed by atoms with van der Waals surface area (Å²) in [5.74, 6) is 0.618. The largest absolute Gasteiger partial charge is 0.433 e. The number of hydrogen-bond donors (Lipinski definition) is 1. The molecule has 0 spiro atoms. The smallest absolute Gasteiger partial charge is 0.423 e. The van der Waals surface area contributed by atoms with E-state index in [1.807, 2.05) is 18.7 Å². The standard InChI is InChI=1S/C22H22F3N5O2/c1-13(2)19-16(31)7-4-10-30(19)21-27-12-17(32-21)14-5-3-6-15(11-14)28-20-26-9-8-18(29-20)22(23,24)25/h3,5-6,8-9,11-13,19H,4,7,10H2,1-2H3,(H,26,28,29). The summed E-state index contributed by atoms with van der Waals surface area (Å²) in [4.78, 5) is 26.0. The lowest BCUT2D eigenvalue weighted by Crippen LogP contribution is -2.49. The van der Waals surface area contributed by atoms with Crippen molar-refractivity contribution in [1.29, 1.82) is 0 Å². The number of oxazole rings is 1. The molecule has 0 bridgehead atoms. The maximum absolute atomic E-state index is 12.9. The van der Waals surface area contributed by atoms with Crippen LogP contribution >= 0.6 is 0 Å². The minimum Gasteiger partial charge on any atom is -0.423 e. The zero-order chi connectivity index (χ0) is 22.9. The third kappa shape index (κ3) is 4.58. The lowest BCUT2D eigenvalue weighted by atomic mass is 9.92. The van der Waals surface area contributed by atoms with E-state index in [-0.39, 0.29) is 23.7 Å². The highest BCUT2D eigenvalue weighted by atomic mass is 19.4. The average Bonchev–Trinajstić information content (AvgIpc) is 3.23. The van der Waals surface area contributed by atoms with Crippen molar-refractivity contribution in [2.45, 2.75) is 38.9 Å². The molecule has 7 nitrogen and oxygen atoms in total. The third-order valence-electron chi connectivity index (χ3n) is 5.21. The van der Waals surface area contributed by atoms with E-state index in [9.17, 15) is 18.0 Å². The fraction of sp³-hybridized carbons (Fsp3) is 0.364. The van der Waals surface area contributed by atoms with Crippen molar-refractivity contribution in [3.63, 3.8) is 0 Å². The van der Waals surface area contributed by atoms with E-state index in [0.29, 0.717) is 36.0 Å². The summed E-state index contributed by atoms with van der Waals surface area (Å²) in [6.45, 7) is 4.68. The van der Waals surface area contributed by atoms with E-state index < -0.39 is 11.9 Å². The number of nitrogens with one attached hydrogen (secondary N) is 1. The first kappa shape index (κ1) is 21.8. The molecule has 3 aromatic rings. The van der Waals surface area contributed by atoms with E-state index in [1.54, 1.807) is 30.5 Å². The molecule has 0 aliphatic carbocycles. The maximum Gasteiger partial charge on any atom is 0.433 e. The quantitative estimate of drug-likeness (QED) is 0.586. The molecule has 1 aliphatic heterocycles. The molecule has 1 aromatic carbocycles. The Morgan fingerprint density at radius 2 is 2.03 bits per heavy atom. The Bertz CT molecular complexity index is 1110. The summed E-state index contributed by atoms with van der Waals surface area (Å²) in [5.41, 5.74) is 0.139. The fourth-order valence-electron chi connectivity index (χ4n) is 3.82. The lowest BCUT2D eigenvalue weighted by molar-refractivity contribution is -0.141. The van der Waals surface area contributed by atoms with Gasteiger partial charge in [-0.2, -0.15) is 13.2 Å². The molecule has 1 saturated heterocycles. The lowest BCUT2D eigenvalue weighted by Gasteiger charge is -2.35. The molecular formula is C22H22F3N5O2. The normalized spacial score (nSPS) is 17.1. The molecule has 1 unspecified atom stereocenters. The molecule has 2 aromatic heterocycles. The molecule has 1 atom stereocenters. The van der Waals surface area contributed by atoms with Gasteiger partial charge in [-0.15, -0.1) is 0 Å². The number of alkyl halides is 3. The topological polar surface area (TPSA) is 84.2 Å². The summed E-state index contributed by atoms with van der Waals surface area (Å²) in [6.07, 6.45) is -0.628. The van der Waals surface area contributed by atoms with Gasteiger partial charge in [-0.3, -0.25) is 4.79 Å². The number of aromatic nitrogens is 3. The van der Waals surface area contributed by atoms with Crippen LogP contribution in [0.15, 0.2) is 47.1 Å². The Hall–Kier alpha value is -3.43. The average molecular weight is 445 g/mol. The number of Topliss-reactive ketones (excluding diaryl/α,β-unsaturated/α-hetero) is 1. The van der Waals surface area contributed by atoms with Crippen molar-refractivity contribution in [3.8, 4) is 11.3 Å². The van der Waals surface area contributed by atoms with Gasteiger partial charge < -0.3 is 14.6 Å². The van der Waals surface area contributed by atoms with Crippen LogP contribution in [0.5, 0.6) is 0 Å². The van der Waals surface area contributed by atoms with Gasteiger partial charge in [0.2, 0.25) is 5.95 Å². The van der Waals surface area contributed by atoms with Crippen LogP contribution in [0.1, 0.15) is 32.4 Å². The maximum atomic E-state index is 12.9. The predicted octanol–water partition coefficient (Wildman–Crippen LogP) is 5.09. The predicted molar refractivity (Wildman–Crippen MR) is 112 cm³/mol. The van der Waals surface area contributed by atoms with Crippen LogP contribution in [-0.2, 0) is 11.0 Å². The number of piperidine rings is 1. The van der Waals surface area contributed by atoms with Crippen LogP contribution in [-0.4, -0.2) is 33.3 Å². The summed E-state index contributed by atoms with van der Waals surface area (Å²) in [6, 6.07) is 7.83. The molecule has 0 radical (unpaired) electrons. The number of nitrogens with zero attached hydrogens (tertiary/aromatic N) is 4. The van der Waals surface area contributed by atoms with Crippen molar-refractivity contribution in [1.82, 2.24) is 15.0 Å². The fourth-order valence-corrected chi connectivity index (χ4v) is 3.82. The Morgan fingerprint density at radius 1 is 1.22 bits per heavy atom. The van der Waals surface area contributed by atoms with Gasteiger partial charge in [0.1, 0.15) is 5.69 Å². The van der Waals surface area contributed by atoms with Gasteiger partial charge in [0.05, 0.1) is 12.2 Å². The van der Waals surface area contributed by atoms with Crippen LogP contribution in [0.3, 0.4) is 0 Å². The first-order chi connectivity index (χ1) is 15.2. The highest BCUT2D eigenvalue weighted by molar-refractivity contribution is 5.88. The van der Waals surface area contributed by atoms with Gasteiger partial charge in [-0.05, 0) is 30.5 Å². The zero-order valence-electron chi connectivity index (χ0n) is 17.6. The van der Waals surface area contributed by atoms with Crippen LogP contribution in [0.4, 0.5) is 30.8 Å². The van der Waals surface area contributed by atoms with Crippen LogP contribution < -0.4 is 10.2 Å². The van der Waals surface area contributed by atoms with Crippen LogP contribution in [0.2, 0.25) is 0 Å². The molecule has 4 rings (SSSR count). The van der Waals surface area contributed by atoms with Gasteiger partial charge in [0.25, 0.3) is 6.01 Å². The molecular weight excluding hydrogens is 423 g/mol. The first-order valence-corrected chi connectivity index (χ1v) is 10.3. The number of carbonyl (C=O) groups is 1. The van der Waals surface area contributed by atoms with Crippen LogP contribution in [0.25, 0.3) is 11.3 Å². The monoisotopic (exact) mass is 445 g/mol. The second-order valence-electron chi connectivity index (χ2n) is 7.93. The summed E-state index contributed by atoms with van der Waals surface area (Å²) >= 11 is 0. The van der Waals surface area contributed by atoms with Crippen molar-refractivity contribution in [3.05, 3.63) is 48.4 Å². The van der Waals surface area contributed by atoms with E-state index in [4.69, 9.17) is 4.42 Å². The van der Waals surface area contributed by atoms with Crippen LogP contribution in [0, 0.1) is 5.92 Å². The first-order valence-electron chi connectivity index (χ1n) is 10.3. The molecule has 1 aliphatic rings. The minimum absolute atomic E-state index is 0.123. The molecule has 3 heterocycles. The number of hydrogen-bond acceptors (Lipinski definition) is 7. The van der Waals surface area contributed by atoms with Gasteiger partial charge in [-0.1, -0.05) is 26.0 Å². The Morgan fingerprint density at radius 3 is 2.78 bits per heavy atom. The molecule has 1 N–H and O–H groups in total. The third-order valence-corrected chi connectivity index (χ3v) is 5.21. The van der Waals surface area contributed by atoms with Crippen molar-refractivity contribution >= 4 is 23.4 Å². The SMILES string of the molecule is CC(C)C1C(=O)CCCN1c1ncc(-c2cccc(Nc3nccc(C(F)(F)F)n3)c2)o1. The summed E-state index contributed by atoms with van der Waals surface area (Å²) in [5, 5.41) is 2.79. The van der Waals surface area contributed by atoms with E-state index in [1.165, 1.54) is 0 Å². The molecule has 32 heavy (non-hydrogen) atoms. The zero-order valence-corrected chi connectivity index (χ0v) is 17.6. The highest BCUT2D eigenvalue weighted by Crippen LogP contribution is 2.32. The number of rotatable bonds is 5. The minimum atomic E-state index is -4.55. The molecule has 0 saturated carbocycles. The number of carbonyl (C=O) groups excluding carboxylic acids is 1. The molecule has 1 fully saturated rings. The molecule has 0 amide bonds. The van der Waals surface area contributed by atoms with E-state index >= 15 is 0 Å². The number of anilines is 3. The van der Waals surface area contributed by atoms with Crippen molar-refractivity contribution in [2.24, 2.45) is 5.92 Å². The highest BCUT2D eigenvalue weighted by Gasteiger charge is 2.35. The molecule has 10 heteroatoms. The van der Waals surface area contributed by atoms with Crippen molar-refractivity contribution < 1.29 is 22.4 Å². The summed E-state index contributed by atoms with van der Waals surface area (Å²) < 4.78 is 44.6. The number of halogens is 3. The number of benzene rings is 1. The Kier molecular flexibility index (Phi) is 5.86. The Balaban J connectivity index is 1.56. The second-order valence-corrected chi connectivity index (χ2v) is 7.93. The molecule has 168 valence electrons. The van der Waals surface area contributed by atoms with Gasteiger partial charge in [0, 0.05) is 30.4 Å². The van der Waals surface area contributed by atoms with E-state index in [0.717, 1.165) is 18.7 Å². The van der Waals surface area contributed by atoms with Gasteiger partial charge in [0.15, 0.2) is 11.5 Å². The van der Waals surface area contributed by atoms with Gasteiger partial charge >= 0.3 is 6.18 Å². The van der Waals surface area contributed by atoms with Gasteiger partial charge in [-0.25, -0.2) is 15.0 Å². The van der Waals surface area contributed by atoms with E-state index in [2.05, 4.69) is 20.3 Å². The number of ketones is 1. The Labute approximate surface area is 182 Å². The van der Waals surface area contributed by atoms with Crippen molar-refractivity contribution in [2.75, 3.05) is 16.8 Å². The second kappa shape index (κ2) is 8.60. The summed E-state index contributed by atoms with van der Waals surface area (Å²) in [7, 11) is 0.